The number of esters is 1. The molecule has 30 heavy (non-hydrogen) atoms. The summed E-state index contributed by atoms with van der Waals surface area (Å²) in [7, 11) is 1.25. The summed E-state index contributed by atoms with van der Waals surface area (Å²) >= 11 is 6.07. The third-order valence-corrected chi connectivity index (χ3v) is 4.79. The highest BCUT2D eigenvalue weighted by Crippen LogP contribution is 2.23. The van der Waals surface area contributed by atoms with E-state index in [-0.39, 0.29) is 29.4 Å². The number of H-pyrrole nitrogens is 1. The Morgan fingerprint density at radius 3 is 2.60 bits per heavy atom. The first-order chi connectivity index (χ1) is 14.2. The zero-order valence-electron chi connectivity index (χ0n) is 17.0. The summed E-state index contributed by atoms with van der Waals surface area (Å²) in [6.07, 6.45) is -0.154. The van der Waals surface area contributed by atoms with Gasteiger partial charge in [-0.15, -0.1) is 0 Å². The van der Waals surface area contributed by atoms with Crippen LogP contribution in [0.3, 0.4) is 0 Å². The maximum absolute atomic E-state index is 12.8. The number of nitrogens with one attached hydrogen (secondary N) is 2. The highest BCUT2D eigenvalue weighted by molar-refractivity contribution is 6.30. The van der Waals surface area contributed by atoms with E-state index in [1.54, 1.807) is 42.8 Å². The van der Waals surface area contributed by atoms with Crippen molar-refractivity contribution in [3.63, 3.8) is 0 Å². The van der Waals surface area contributed by atoms with Crippen molar-refractivity contribution in [3.8, 4) is 5.69 Å². The predicted molar refractivity (Wildman–Crippen MR) is 113 cm³/mol. The zero-order chi connectivity index (χ0) is 22.0. The van der Waals surface area contributed by atoms with Crippen LogP contribution in [0.15, 0.2) is 30.3 Å². The number of carbonyl (C=O) groups is 3. The minimum Gasteiger partial charge on any atom is -0.465 e. The lowest BCUT2D eigenvalue weighted by molar-refractivity contribution is -0.115. The maximum atomic E-state index is 12.8. The minimum atomic E-state index is -0.612. The molecule has 0 atom stereocenters. The Bertz CT molecular complexity index is 1150. The smallest absolute Gasteiger partial charge is 0.339 e. The van der Waals surface area contributed by atoms with Gasteiger partial charge in [0.1, 0.15) is 5.82 Å². The molecule has 2 aromatic heterocycles. The first-order valence-corrected chi connectivity index (χ1v) is 9.52. The average Bonchev–Trinajstić information content (AvgIpc) is 3.20. The van der Waals surface area contributed by atoms with E-state index >= 15 is 0 Å². The van der Waals surface area contributed by atoms with E-state index in [1.165, 1.54) is 14.0 Å². The standard InChI is InChI=1S/C21H21ClN4O4/c1-11-8-17(26(25-11)15-7-5-6-14(22)9-15)24-18(28)10-16-19(21(29)30-4)12(2)20(23-16)13(3)27/h5-9,23H,10H2,1-4H3,(H,24,28). The van der Waals surface area contributed by atoms with E-state index < -0.39 is 5.97 Å². The van der Waals surface area contributed by atoms with Gasteiger partial charge in [-0.2, -0.15) is 5.10 Å². The van der Waals surface area contributed by atoms with Crippen molar-refractivity contribution in [2.24, 2.45) is 0 Å². The summed E-state index contributed by atoms with van der Waals surface area (Å²) in [5.74, 6) is -0.785. The van der Waals surface area contributed by atoms with Crippen LogP contribution in [0.1, 0.15) is 44.7 Å². The van der Waals surface area contributed by atoms with Crippen LogP contribution < -0.4 is 5.32 Å². The van der Waals surface area contributed by atoms with E-state index in [9.17, 15) is 14.4 Å². The number of benzene rings is 1. The Labute approximate surface area is 178 Å². The molecule has 9 heteroatoms. The molecule has 0 unspecified atom stereocenters. The van der Waals surface area contributed by atoms with Gasteiger partial charge in [-0.3, -0.25) is 9.59 Å². The Kier molecular flexibility index (Phi) is 6.07. The molecule has 156 valence electrons. The average molecular weight is 429 g/mol. The number of amides is 1. The van der Waals surface area contributed by atoms with Crippen molar-refractivity contribution in [3.05, 3.63) is 63.6 Å². The van der Waals surface area contributed by atoms with Crippen molar-refractivity contribution in [2.75, 3.05) is 12.4 Å². The van der Waals surface area contributed by atoms with Crippen LogP contribution in [0.4, 0.5) is 5.82 Å². The second-order valence-corrected chi connectivity index (χ2v) is 7.25. The molecular weight excluding hydrogens is 408 g/mol. The summed E-state index contributed by atoms with van der Waals surface area (Å²) in [6, 6.07) is 8.80. The SMILES string of the molecule is COC(=O)c1c(CC(=O)Nc2cc(C)nn2-c2cccc(Cl)c2)[nH]c(C(C)=O)c1C. The molecule has 3 rings (SSSR count). The van der Waals surface area contributed by atoms with Crippen molar-refractivity contribution in [1.82, 2.24) is 14.8 Å². The minimum absolute atomic E-state index is 0.154. The zero-order valence-corrected chi connectivity index (χ0v) is 17.8. The number of Topliss-reactive ketones (excluding diaryl/α,β-unsaturated/α-hetero) is 1. The lowest BCUT2D eigenvalue weighted by Gasteiger charge is -2.09. The van der Waals surface area contributed by atoms with Gasteiger partial charge in [0.25, 0.3) is 0 Å². The fraction of sp³-hybridized carbons (Fsp3) is 0.238. The van der Waals surface area contributed by atoms with Crippen molar-refractivity contribution >= 4 is 35.1 Å². The Morgan fingerprint density at radius 2 is 1.97 bits per heavy atom. The molecule has 0 saturated heterocycles. The Morgan fingerprint density at radius 1 is 1.23 bits per heavy atom. The van der Waals surface area contributed by atoms with Gasteiger partial charge >= 0.3 is 5.97 Å². The lowest BCUT2D eigenvalue weighted by Crippen LogP contribution is -2.19. The number of hydrogen-bond acceptors (Lipinski definition) is 5. The summed E-state index contributed by atoms with van der Waals surface area (Å²) in [4.78, 5) is 39.7. The van der Waals surface area contributed by atoms with Crippen molar-refractivity contribution in [1.29, 1.82) is 0 Å². The fourth-order valence-electron chi connectivity index (χ4n) is 3.26. The van der Waals surface area contributed by atoms with Gasteiger partial charge in [0.15, 0.2) is 5.78 Å². The molecule has 0 saturated carbocycles. The maximum Gasteiger partial charge on any atom is 0.339 e. The van der Waals surface area contributed by atoms with Crippen LogP contribution in [0.25, 0.3) is 5.69 Å². The number of nitrogens with zero attached hydrogens (tertiary/aromatic N) is 2. The topological polar surface area (TPSA) is 106 Å². The number of ketones is 1. The number of aromatic amines is 1. The van der Waals surface area contributed by atoms with Crippen LogP contribution >= 0.6 is 11.6 Å². The molecule has 2 N–H and O–H groups in total. The largest absolute Gasteiger partial charge is 0.465 e. The molecule has 0 radical (unpaired) electrons. The summed E-state index contributed by atoms with van der Waals surface area (Å²) in [5.41, 5.74) is 2.63. The number of ether oxygens (including phenoxy) is 1. The molecular formula is C21H21ClN4O4. The van der Waals surface area contributed by atoms with Gasteiger partial charge in [-0.25, -0.2) is 9.48 Å². The first kappa shape index (κ1) is 21.3. The van der Waals surface area contributed by atoms with Crippen molar-refractivity contribution in [2.45, 2.75) is 27.2 Å². The number of carbonyl (C=O) groups excluding carboxylic acids is 3. The number of halogens is 1. The number of aryl methyl sites for hydroxylation is 1. The van der Waals surface area contributed by atoms with Crippen LogP contribution in [-0.2, 0) is 16.0 Å². The molecule has 2 heterocycles. The summed E-state index contributed by atoms with van der Waals surface area (Å²) in [5, 5.41) is 7.74. The molecule has 8 nitrogen and oxygen atoms in total. The monoisotopic (exact) mass is 428 g/mol. The van der Waals surface area contributed by atoms with E-state index in [2.05, 4.69) is 15.4 Å². The molecule has 0 bridgehead atoms. The quantitative estimate of drug-likeness (QED) is 0.460. The molecule has 3 aromatic rings. The highest BCUT2D eigenvalue weighted by Gasteiger charge is 2.24. The van der Waals surface area contributed by atoms with Crippen LogP contribution in [0, 0.1) is 13.8 Å². The predicted octanol–water partition coefficient (Wildman–Crippen LogP) is 3.64. The third-order valence-electron chi connectivity index (χ3n) is 4.56. The van der Waals surface area contributed by atoms with Gasteiger partial charge in [0.05, 0.1) is 36.2 Å². The van der Waals surface area contributed by atoms with Crippen LogP contribution in [-0.4, -0.2) is 39.5 Å². The molecule has 0 spiro atoms. The van der Waals surface area contributed by atoms with Crippen LogP contribution in [0.2, 0.25) is 5.02 Å². The Hall–Kier alpha value is -3.39. The third kappa shape index (κ3) is 4.28. The molecule has 1 amide bonds. The van der Waals surface area contributed by atoms with E-state index in [0.717, 1.165) is 0 Å². The second kappa shape index (κ2) is 8.54. The van der Waals surface area contributed by atoms with E-state index in [4.69, 9.17) is 16.3 Å². The number of rotatable bonds is 6. The number of aromatic nitrogens is 3. The molecule has 1 aromatic carbocycles. The van der Waals surface area contributed by atoms with E-state index in [0.29, 0.717) is 33.5 Å². The van der Waals surface area contributed by atoms with Crippen LogP contribution in [0.5, 0.6) is 0 Å². The van der Waals surface area contributed by atoms with Gasteiger partial charge in [-0.1, -0.05) is 17.7 Å². The van der Waals surface area contributed by atoms with Gasteiger partial charge in [0.2, 0.25) is 5.91 Å². The van der Waals surface area contributed by atoms with Gasteiger partial charge < -0.3 is 15.0 Å². The van der Waals surface area contributed by atoms with E-state index in [1.807, 2.05) is 6.07 Å². The van der Waals surface area contributed by atoms with Gasteiger partial charge in [0, 0.05) is 23.7 Å². The fourth-order valence-corrected chi connectivity index (χ4v) is 3.45. The summed E-state index contributed by atoms with van der Waals surface area (Å²) < 4.78 is 6.38. The molecule has 0 aliphatic carbocycles. The lowest BCUT2D eigenvalue weighted by atomic mass is 10.1. The Balaban J connectivity index is 1.90. The summed E-state index contributed by atoms with van der Waals surface area (Å²) in [6.45, 7) is 4.83. The van der Waals surface area contributed by atoms with Crippen molar-refractivity contribution < 1.29 is 19.1 Å². The molecule has 0 fully saturated rings. The first-order valence-electron chi connectivity index (χ1n) is 9.14. The number of anilines is 1. The second-order valence-electron chi connectivity index (χ2n) is 6.81. The highest BCUT2D eigenvalue weighted by atomic mass is 35.5. The normalized spacial score (nSPS) is 10.7. The van der Waals surface area contributed by atoms with Gasteiger partial charge in [-0.05, 0) is 37.6 Å². The molecule has 0 aliphatic rings. The molecule has 0 aliphatic heterocycles. The number of methoxy groups -OCH3 is 1. The number of hydrogen-bond donors (Lipinski definition) is 2.